The van der Waals surface area contributed by atoms with Crippen LogP contribution in [-0.4, -0.2) is 17.2 Å². The van der Waals surface area contributed by atoms with Crippen LogP contribution in [0.4, 0.5) is 5.69 Å². The van der Waals surface area contributed by atoms with Gasteiger partial charge in [0.05, 0.1) is 22.3 Å². The molecule has 2 N–H and O–H groups in total. The third-order valence-corrected chi connectivity index (χ3v) is 4.20. The SMILES string of the molecule is COc1ccc(O)c(CNc2ccc3nc(C)sc3c2)c1. The average molecular weight is 300 g/mol. The number of methoxy groups -OCH3 is 1. The van der Waals surface area contributed by atoms with E-state index in [2.05, 4.69) is 16.4 Å². The van der Waals surface area contributed by atoms with Crippen molar-refractivity contribution in [3.05, 3.63) is 47.0 Å². The summed E-state index contributed by atoms with van der Waals surface area (Å²) in [6.45, 7) is 2.54. The van der Waals surface area contributed by atoms with E-state index >= 15 is 0 Å². The first-order valence-electron chi connectivity index (χ1n) is 6.62. The highest BCUT2D eigenvalue weighted by molar-refractivity contribution is 7.18. The second kappa shape index (κ2) is 5.61. The lowest BCUT2D eigenvalue weighted by molar-refractivity contribution is 0.411. The van der Waals surface area contributed by atoms with E-state index in [0.29, 0.717) is 6.54 Å². The molecule has 0 radical (unpaired) electrons. The number of phenolic OH excluding ortho intramolecular Hbond substituents is 1. The van der Waals surface area contributed by atoms with Gasteiger partial charge in [0, 0.05) is 17.8 Å². The molecule has 1 aromatic heterocycles. The molecule has 0 amide bonds. The van der Waals surface area contributed by atoms with Gasteiger partial charge >= 0.3 is 0 Å². The molecule has 0 fully saturated rings. The van der Waals surface area contributed by atoms with E-state index in [4.69, 9.17) is 4.74 Å². The molecule has 3 rings (SSSR count). The fourth-order valence-electron chi connectivity index (χ4n) is 2.18. The van der Waals surface area contributed by atoms with Crippen LogP contribution in [0.1, 0.15) is 10.6 Å². The molecule has 2 aromatic carbocycles. The van der Waals surface area contributed by atoms with Crippen molar-refractivity contribution in [2.45, 2.75) is 13.5 Å². The van der Waals surface area contributed by atoms with Crippen molar-refractivity contribution in [3.8, 4) is 11.5 Å². The number of aromatic hydroxyl groups is 1. The molecule has 0 aliphatic rings. The summed E-state index contributed by atoms with van der Waals surface area (Å²) in [5, 5.41) is 14.3. The van der Waals surface area contributed by atoms with Crippen LogP contribution in [0.2, 0.25) is 0 Å². The number of hydrogen-bond acceptors (Lipinski definition) is 5. The fourth-order valence-corrected chi connectivity index (χ4v) is 3.04. The molecule has 3 aromatic rings. The summed E-state index contributed by atoms with van der Waals surface area (Å²) in [5.41, 5.74) is 2.83. The smallest absolute Gasteiger partial charge is 0.120 e. The summed E-state index contributed by atoms with van der Waals surface area (Å²) in [7, 11) is 1.61. The van der Waals surface area contributed by atoms with E-state index in [0.717, 1.165) is 32.2 Å². The first-order valence-corrected chi connectivity index (χ1v) is 7.44. The van der Waals surface area contributed by atoms with Gasteiger partial charge in [-0.05, 0) is 43.3 Å². The van der Waals surface area contributed by atoms with E-state index < -0.39 is 0 Å². The zero-order chi connectivity index (χ0) is 14.8. The molecule has 0 atom stereocenters. The molecule has 0 spiro atoms. The maximum absolute atomic E-state index is 9.88. The van der Waals surface area contributed by atoms with Crippen LogP contribution in [0.25, 0.3) is 10.2 Å². The second-order valence-electron chi connectivity index (χ2n) is 4.76. The molecule has 21 heavy (non-hydrogen) atoms. The molecule has 0 saturated carbocycles. The van der Waals surface area contributed by atoms with Gasteiger partial charge in [0.2, 0.25) is 0 Å². The number of nitrogens with one attached hydrogen (secondary N) is 1. The Morgan fingerprint density at radius 1 is 1.24 bits per heavy atom. The van der Waals surface area contributed by atoms with Gasteiger partial charge in [-0.15, -0.1) is 11.3 Å². The van der Waals surface area contributed by atoms with Crippen LogP contribution in [0, 0.1) is 6.92 Å². The van der Waals surface area contributed by atoms with Crippen LogP contribution in [-0.2, 0) is 6.54 Å². The molecule has 1 heterocycles. The number of phenols is 1. The van der Waals surface area contributed by atoms with Crippen LogP contribution in [0.15, 0.2) is 36.4 Å². The number of hydrogen-bond donors (Lipinski definition) is 2. The zero-order valence-electron chi connectivity index (χ0n) is 11.9. The summed E-state index contributed by atoms with van der Waals surface area (Å²) < 4.78 is 6.34. The maximum Gasteiger partial charge on any atom is 0.120 e. The Kier molecular flexibility index (Phi) is 3.66. The number of nitrogens with zero attached hydrogens (tertiary/aromatic N) is 1. The minimum atomic E-state index is 0.262. The number of thiazole rings is 1. The van der Waals surface area contributed by atoms with Crippen molar-refractivity contribution in [1.29, 1.82) is 0 Å². The number of ether oxygens (including phenoxy) is 1. The van der Waals surface area contributed by atoms with Gasteiger partial charge in [0.15, 0.2) is 0 Å². The molecule has 108 valence electrons. The summed E-state index contributed by atoms with van der Waals surface area (Å²) in [5.74, 6) is 0.996. The summed E-state index contributed by atoms with van der Waals surface area (Å²) in [6.07, 6.45) is 0. The normalized spacial score (nSPS) is 10.8. The number of anilines is 1. The van der Waals surface area contributed by atoms with Gasteiger partial charge in [-0.2, -0.15) is 0 Å². The van der Waals surface area contributed by atoms with Crippen molar-refractivity contribution in [3.63, 3.8) is 0 Å². The number of aromatic nitrogens is 1. The Hall–Kier alpha value is -2.27. The van der Waals surface area contributed by atoms with Crippen LogP contribution < -0.4 is 10.1 Å². The molecule has 5 heteroatoms. The quantitative estimate of drug-likeness (QED) is 0.766. The first kappa shape index (κ1) is 13.7. The number of fused-ring (bicyclic) bond motifs is 1. The zero-order valence-corrected chi connectivity index (χ0v) is 12.7. The molecule has 0 aliphatic carbocycles. The summed E-state index contributed by atoms with van der Waals surface area (Å²) in [6, 6.07) is 11.3. The van der Waals surface area contributed by atoms with Crippen molar-refractivity contribution < 1.29 is 9.84 Å². The van der Waals surface area contributed by atoms with Gasteiger partial charge < -0.3 is 15.2 Å². The number of aryl methyl sites for hydroxylation is 1. The molecular formula is C16H16N2O2S. The third-order valence-electron chi connectivity index (χ3n) is 3.26. The molecule has 0 unspecified atom stereocenters. The van der Waals surface area contributed by atoms with E-state index in [1.54, 1.807) is 30.6 Å². The van der Waals surface area contributed by atoms with E-state index in [1.807, 2.05) is 25.1 Å². The summed E-state index contributed by atoms with van der Waals surface area (Å²) >= 11 is 1.68. The van der Waals surface area contributed by atoms with Gasteiger partial charge in [0.1, 0.15) is 11.5 Å². The monoisotopic (exact) mass is 300 g/mol. The topological polar surface area (TPSA) is 54.4 Å². The van der Waals surface area contributed by atoms with E-state index in [1.165, 1.54) is 0 Å². The van der Waals surface area contributed by atoms with Crippen molar-refractivity contribution in [1.82, 2.24) is 4.98 Å². The third kappa shape index (κ3) is 2.92. The van der Waals surface area contributed by atoms with Crippen molar-refractivity contribution in [2.24, 2.45) is 0 Å². The largest absolute Gasteiger partial charge is 0.508 e. The standard InChI is InChI=1S/C16H16N2O2S/c1-10-18-14-5-3-12(8-16(14)21-10)17-9-11-7-13(20-2)4-6-15(11)19/h3-8,17,19H,9H2,1-2H3. The lowest BCUT2D eigenvalue weighted by Gasteiger charge is -2.09. The predicted octanol–water partition coefficient (Wildman–Crippen LogP) is 3.93. The van der Waals surface area contributed by atoms with Crippen LogP contribution >= 0.6 is 11.3 Å². The molecule has 0 bridgehead atoms. The maximum atomic E-state index is 9.88. The van der Waals surface area contributed by atoms with Crippen molar-refractivity contribution in [2.75, 3.05) is 12.4 Å². The Balaban J connectivity index is 1.79. The predicted molar refractivity (Wildman–Crippen MR) is 86.3 cm³/mol. The fraction of sp³-hybridized carbons (Fsp3) is 0.188. The lowest BCUT2D eigenvalue weighted by atomic mass is 10.2. The Bertz CT molecular complexity index is 783. The number of benzene rings is 2. The highest BCUT2D eigenvalue weighted by Crippen LogP contribution is 2.27. The van der Waals surface area contributed by atoms with Crippen molar-refractivity contribution >= 4 is 27.2 Å². The van der Waals surface area contributed by atoms with Crippen LogP contribution in [0.5, 0.6) is 11.5 Å². The minimum Gasteiger partial charge on any atom is -0.508 e. The van der Waals surface area contributed by atoms with Crippen LogP contribution in [0.3, 0.4) is 0 Å². The molecule has 4 nitrogen and oxygen atoms in total. The molecular weight excluding hydrogens is 284 g/mol. The van der Waals surface area contributed by atoms with Gasteiger partial charge in [-0.3, -0.25) is 0 Å². The highest BCUT2D eigenvalue weighted by Gasteiger charge is 2.05. The Morgan fingerprint density at radius 3 is 2.90 bits per heavy atom. The minimum absolute atomic E-state index is 0.262. The summed E-state index contributed by atoms with van der Waals surface area (Å²) in [4.78, 5) is 4.44. The Morgan fingerprint density at radius 2 is 2.10 bits per heavy atom. The van der Waals surface area contributed by atoms with Gasteiger partial charge in [0.25, 0.3) is 0 Å². The van der Waals surface area contributed by atoms with E-state index in [-0.39, 0.29) is 5.75 Å². The Labute approximate surface area is 127 Å². The molecule has 0 aliphatic heterocycles. The first-order chi connectivity index (χ1) is 10.2. The molecule has 0 saturated heterocycles. The van der Waals surface area contributed by atoms with Gasteiger partial charge in [-0.25, -0.2) is 4.98 Å². The highest BCUT2D eigenvalue weighted by atomic mass is 32.1. The lowest BCUT2D eigenvalue weighted by Crippen LogP contribution is -2.00. The number of rotatable bonds is 4. The second-order valence-corrected chi connectivity index (χ2v) is 6.00. The average Bonchev–Trinajstić information content (AvgIpc) is 2.85. The van der Waals surface area contributed by atoms with Gasteiger partial charge in [-0.1, -0.05) is 0 Å². The van der Waals surface area contributed by atoms with E-state index in [9.17, 15) is 5.11 Å².